The number of anilines is 1. The predicted molar refractivity (Wildman–Crippen MR) is 104 cm³/mol. The molecule has 1 aliphatic rings. The van der Waals surface area contributed by atoms with E-state index in [1.54, 1.807) is 36.8 Å². The summed E-state index contributed by atoms with van der Waals surface area (Å²) in [5.41, 5.74) is 7.25. The number of carbonyl (C=O) groups excluding carboxylic acids is 2. The maximum absolute atomic E-state index is 12.8. The Morgan fingerprint density at radius 1 is 1.41 bits per heavy atom. The minimum absolute atomic E-state index is 0.00476. The molecule has 1 saturated heterocycles. The second-order valence-electron chi connectivity index (χ2n) is 7.19. The second-order valence-corrected chi connectivity index (χ2v) is 7.19. The van der Waals surface area contributed by atoms with Crippen LogP contribution in [0.15, 0.2) is 43.0 Å². The minimum atomic E-state index is -0.0942. The Kier molecular flexibility index (Phi) is 6.24. The number of likely N-dealkylation sites (tertiary alicyclic amines) is 1. The molecule has 1 fully saturated rings. The molecule has 3 N–H and O–H groups in total. The van der Waals surface area contributed by atoms with Crippen molar-refractivity contribution in [2.45, 2.75) is 38.8 Å². The molecule has 144 valence electrons. The van der Waals surface area contributed by atoms with Crippen molar-refractivity contribution in [2.24, 2.45) is 11.7 Å². The fourth-order valence-electron chi connectivity index (χ4n) is 3.41. The molecule has 0 spiro atoms. The lowest BCUT2D eigenvalue weighted by Crippen LogP contribution is -2.45. The Labute approximate surface area is 159 Å². The number of amides is 2. The van der Waals surface area contributed by atoms with Crippen LogP contribution in [-0.4, -0.2) is 45.4 Å². The maximum Gasteiger partial charge on any atom is 0.253 e. The van der Waals surface area contributed by atoms with Gasteiger partial charge in [-0.15, -0.1) is 0 Å². The van der Waals surface area contributed by atoms with Crippen LogP contribution in [0.1, 0.15) is 36.5 Å². The molecule has 0 aliphatic carbocycles. The van der Waals surface area contributed by atoms with E-state index in [9.17, 15) is 9.59 Å². The Morgan fingerprint density at radius 3 is 3.00 bits per heavy atom. The summed E-state index contributed by atoms with van der Waals surface area (Å²) in [6.45, 7) is 4.01. The van der Waals surface area contributed by atoms with Gasteiger partial charge in [-0.05, 0) is 43.9 Å². The molecule has 2 atom stereocenters. The van der Waals surface area contributed by atoms with Gasteiger partial charge in [0.25, 0.3) is 5.91 Å². The van der Waals surface area contributed by atoms with Crippen LogP contribution < -0.4 is 11.1 Å². The molecule has 2 heterocycles. The van der Waals surface area contributed by atoms with E-state index in [4.69, 9.17) is 5.73 Å². The molecule has 1 aromatic carbocycles. The molecule has 7 heteroatoms. The van der Waals surface area contributed by atoms with Crippen LogP contribution in [0.4, 0.5) is 5.69 Å². The number of aryl methyl sites for hydroxylation is 1. The normalized spacial score (nSPS) is 18.1. The maximum atomic E-state index is 12.8. The van der Waals surface area contributed by atoms with E-state index < -0.39 is 0 Å². The topological polar surface area (TPSA) is 93.3 Å². The standard InChI is InChI=1S/C20H27N5O2/c1-15(21)17-5-3-9-25(13-17)20(27)16-4-2-6-18(12-16)23-19(26)7-10-24-11-8-22-14-24/h2,4,6,8,11-12,14-15,17H,3,5,7,9-10,13,21H2,1H3,(H,23,26). The monoisotopic (exact) mass is 369 g/mol. The van der Waals surface area contributed by atoms with Crippen LogP contribution in [0.2, 0.25) is 0 Å². The number of carbonyl (C=O) groups is 2. The first kappa shape index (κ1) is 19.1. The van der Waals surface area contributed by atoms with Gasteiger partial charge in [-0.25, -0.2) is 4.98 Å². The highest BCUT2D eigenvalue weighted by Gasteiger charge is 2.26. The number of piperidine rings is 1. The van der Waals surface area contributed by atoms with Crippen LogP contribution in [0.25, 0.3) is 0 Å². The van der Waals surface area contributed by atoms with E-state index in [2.05, 4.69) is 10.3 Å². The van der Waals surface area contributed by atoms with Gasteiger partial charge >= 0.3 is 0 Å². The van der Waals surface area contributed by atoms with Crippen molar-refractivity contribution in [2.75, 3.05) is 18.4 Å². The van der Waals surface area contributed by atoms with E-state index in [0.717, 1.165) is 19.4 Å². The zero-order valence-electron chi connectivity index (χ0n) is 15.7. The van der Waals surface area contributed by atoms with Crippen molar-refractivity contribution in [1.82, 2.24) is 14.5 Å². The summed E-state index contributed by atoms with van der Waals surface area (Å²) in [5, 5.41) is 2.87. The predicted octanol–water partition coefficient (Wildman–Crippen LogP) is 2.11. The lowest BCUT2D eigenvalue weighted by Gasteiger charge is -2.34. The molecule has 1 aromatic heterocycles. The third kappa shape index (κ3) is 5.17. The van der Waals surface area contributed by atoms with Crippen LogP contribution >= 0.6 is 0 Å². The fraction of sp³-hybridized carbons (Fsp3) is 0.450. The Morgan fingerprint density at radius 2 is 2.26 bits per heavy atom. The van der Waals surface area contributed by atoms with Crippen molar-refractivity contribution in [3.8, 4) is 0 Å². The van der Waals surface area contributed by atoms with Crippen LogP contribution in [-0.2, 0) is 11.3 Å². The third-order valence-electron chi connectivity index (χ3n) is 5.04. The summed E-state index contributed by atoms with van der Waals surface area (Å²) >= 11 is 0. The summed E-state index contributed by atoms with van der Waals surface area (Å²) in [4.78, 5) is 30.8. The van der Waals surface area contributed by atoms with Crippen molar-refractivity contribution in [3.63, 3.8) is 0 Å². The number of nitrogens with one attached hydrogen (secondary N) is 1. The van der Waals surface area contributed by atoms with E-state index in [0.29, 0.717) is 36.7 Å². The molecule has 2 aromatic rings. The first-order chi connectivity index (χ1) is 13.0. The molecule has 1 aliphatic heterocycles. The first-order valence-corrected chi connectivity index (χ1v) is 9.43. The molecule has 0 bridgehead atoms. The van der Waals surface area contributed by atoms with Crippen LogP contribution in [0, 0.1) is 5.92 Å². The SMILES string of the molecule is CC(N)C1CCCN(C(=O)c2cccc(NC(=O)CCn3ccnc3)c2)C1. The Balaban J connectivity index is 1.59. The second kappa shape index (κ2) is 8.81. The minimum Gasteiger partial charge on any atom is -0.338 e. The van der Waals surface area contributed by atoms with E-state index in [-0.39, 0.29) is 17.9 Å². The molecular weight excluding hydrogens is 342 g/mol. The quantitative estimate of drug-likeness (QED) is 0.815. The van der Waals surface area contributed by atoms with Gasteiger partial charge in [-0.1, -0.05) is 6.07 Å². The van der Waals surface area contributed by atoms with Gasteiger partial charge in [0.1, 0.15) is 0 Å². The van der Waals surface area contributed by atoms with Crippen molar-refractivity contribution in [3.05, 3.63) is 48.5 Å². The van der Waals surface area contributed by atoms with Gasteiger partial charge in [-0.2, -0.15) is 0 Å². The van der Waals surface area contributed by atoms with Gasteiger partial charge in [0.05, 0.1) is 6.33 Å². The highest BCUT2D eigenvalue weighted by Crippen LogP contribution is 2.21. The number of rotatable bonds is 6. The molecule has 2 unspecified atom stereocenters. The Hall–Kier alpha value is -2.67. The smallest absolute Gasteiger partial charge is 0.253 e. The molecule has 7 nitrogen and oxygen atoms in total. The van der Waals surface area contributed by atoms with Crippen LogP contribution in [0.5, 0.6) is 0 Å². The number of hydrogen-bond acceptors (Lipinski definition) is 4. The van der Waals surface area contributed by atoms with Gasteiger partial charge in [0.2, 0.25) is 5.91 Å². The Bertz CT molecular complexity index is 772. The number of aromatic nitrogens is 2. The zero-order chi connectivity index (χ0) is 19.2. The number of nitrogens with zero attached hydrogens (tertiary/aromatic N) is 3. The number of imidazole rings is 1. The lowest BCUT2D eigenvalue weighted by atomic mass is 9.92. The third-order valence-corrected chi connectivity index (χ3v) is 5.04. The lowest BCUT2D eigenvalue weighted by molar-refractivity contribution is -0.116. The highest BCUT2D eigenvalue weighted by atomic mass is 16.2. The van der Waals surface area contributed by atoms with E-state index >= 15 is 0 Å². The highest BCUT2D eigenvalue weighted by molar-refractivity contribution is 5.97. The molecule has 2 amide bonds. The van der Waals surface area contributed by atoms with E-state index in [1.807, 2.05) is 22.6 Å². The van der Waals surface area contributed by atoms with Gasteiger partial charge in [-0.3, -0.25) is 9.59 Å². The number of benzene rings is 1. The van der Waals surface area contributed by atoms with Crippen molar-refractivity contribution in [1.29, 1.82) is 0 Å². The molecule has 0 radical (unpaired) electrons. The summed E-state index contributed by atoms with van der Waals surface area (Å²) in [7, 11) is 0. The van der Waals surface area contributed by atoms with Crippen molar-refractivity contribution < 1.29 is 9.59 Å². The number of nitrogens with two attached hydrogens (primary N) is 1. The average molecular weight is 369 g/mol. The summed E-state index contributed by atoms with van der Waals surface area (Å²) < 4.78 is 1.85. The molecule has 27 heavy (non-hydrogen) atoms. The van der Waals surface area contributed by atoms with Crippen molar-refractivity contribution >= 4 is 17.5 Å². The van der Waals surface area contributed by atoms with E-state index in [1.165, 1.54) is 0 Å². The summed E-state index contributed by atoms with van der Waals surface area (Å²) in [6.07, 6.45) is 7.57. The zero-order valence-corrected chi connectivity index (χ0v) is 15.7. The molecule has 3 rings (SSSR count). The first-order valence-electron chi connectivity index (χ1n) is 9.43. The molecule has 0 saturated carbocycles. The van der Waals surface area contributed by atoms with Crippen LogP contribution in [0.3, 0.4) is 0 Å². The largest absolute Gasteiger partial charge is 0.338 e. The summed E-state index contributed by atoms with van der Waals surface area (Å²) in [5.74, 6) is 0.243. The average Bonchev–Trinajstić information content (AvgIpc) is 3.20. The molecular formula is C20H27N5O2. The fourth-order valence-corrected chi connectivity index (χ4v) is 3.41. The van der Waals surface area contributed by atoms with Gasteiger partial charge < -0.3 is 20.5 Å². The number of hydrogen-bond donors (Lipinski definition) is 2. The van der Waals surface area contributed by atoms with Gasteiger partial charge in [0, 0.05) is 55.7 Å². The summed E-state index contributed by atoms with van der Waals surface area (Å²) in [6, 6.07) is 7.21. The van der Waals surface area contributed by atoms with Gasteiger partial charge in [0.15, 0.2) is 0 Å².